The molecule has 0 spiro atoms. The molecule has 1 aliphatic carbocycles. The molecule has 1 heterocycles. The maximum atomic E-state index is 11.5. The van der Waals surface area contributed by atoms with Crippen LogP contribution in [0.3, 0.4) is 0 Å². The van der Waals surface area contributed by atoms with E-state index in [1.807, 2.05) is 6.92 Å². The number of fused-ring (bicyclic) bond motifs is 1. The lowest BCUT2D eigenvalue weighted by molar-refractivity contribution is -0.119. The topological polar surface area (TPSA) is 38.7 Å². The molecule has 0 fully saturated rings. The Morgan fingerprint density at radius 3 is 3.07 bits per heavy atom. The number of amides is 1. The summed E-state index contributed by atoms with van der Waals surface area (Å²) in [4.78, 5) is 15.5. The van der Waals surface area contributed by atoms with E-state index in [0.717, 1.165) is 12.8 Å². The van der Waals surface area contributed by atoms with E-state index in [9.17, 15) is 4.79 Å². The first-order valence-corrected chi connectivity index (χ1v) is 5.63. The van der Waals surface area contributed by atoms with Gasteiger partial charge in [0.2, 0.25) is 5.91 Å². The Labute approximate surface area is 90.2 Å². The van der Waals surface area contributed by atoms with Gasteiger partial charge in [0.05, 0.1) is 6.61 Å². The van der Waals surface area contributed by atoms with Gasteiger partial charge in [0.25, 0.3) is 0 Å². The highest BCUT2D eigenvalue weighted by atomic mass is 16.5. The summed E-state index contributed by atoms with van der Waals surface area (Å²) in [6.45, 7) is 4.64. The molecule has 1 amide bonds. The van der Waals surface area contributed by atoms with Gasteiger partial charge in [-0.1, -0.05) is 11.6 Å². The molecule has 0 saturated heterocycles. The van der Waals surface area contributed by atoms with E-state index in [1.54, 1.807) is 0 Å². The van der Waals surface area contributed by atoms with Gasteiger partial charge in [-0.3, -0.25) is 4.79 Å². The van der Waals surface area contributed by atoms with E-state index in [1.165, 1.54) is 5.57 Å². The molecule has 0 aromatic carbocycles. The van der Waals surface area contributed by atoms with Crippen molar-refractivity contribution in [3.63, 3.8) is 0 Å². The quantitative estimate of drug-likeness (QED) is 0.619. The van der Waals surface area contributed by atoms with Gasteiger partial charge in [-0.2, -0.15) is 4.99 Å². The van der Waals surface area contributed by atoms with Crippen molar-refractivity contribution in [3.05, 3.63) is 11.6 Å². The summed E-state index contributed by atoms with van der Waals surface area (Å²) in [5.74, 6) is 1.32. The first-order valence-electron chi connectivity index (χ1n) is 5.63. The van der Waals surface area contributed by atoms with E-state index >= 15 is 0 Å². The van der Waals surface area contributed by atoms with Crippen molar-refractivity contribution in [2.75, 3.05) is 6.61 Å². The van der Waals surface area contributed by atoms with E-state index in [2.05, 4.69) is 18.0 Å². The third kappa shape index (κ3) is 1.96. The van der Waals surface area contributed by atoms with Crippen molar-refractivity contribution in [1.29, 1.82) is 0 Å². The lowest BCUT2D eigenvalue weighted by atomic mass is 9.75. The number of rotatable bonds is 1. The summed E-state index contributed by atoms with van der Waals surface area (Å²) < 4.78 is 5.47. The van der Waals surface area contributed by atoms with Crippen molar-refractivity contribution in [3.8, 4) is 0 Å². The van der Waals surface area contributed by atoms with Gasteiger partial charge in [0.15, 0.2) is 5.90 Å². The van der Waals surface area contributed by atoms with Crippen LogP contribution in [0.5, 0.6) is 0 Å². The molecule has 0 aromatic rings. The SMILES string of the molecule is CCOC1=NC(=O)C[C@@H]2C(C)=CCC[C@H]12. The second kappa shape index (κ2) is 4.17. The van der Waals surface area contributed by atoms with Crippen LogP contribution in [0.1, 0.15) is 33.1 Å². The van der Waals surface area contributed by atoms with Crippen LogP contribution in [0.4, 0.5) is 0 Å². The predicted molar refractivity (Wildman–Crippen MR) is 58.7 cm³/mol. The van der Waals surface area contributed by atoms with Crippen molar-refractivity contribution >= 4 is 11.8 Å². The molecule has 0 N–H and O–H groups in total. The zero-order chi connectivity index (χ0) is 10.8. The van der Waals surface area contributed by atoms with E-state index in [4.69, 9.17) is 4.74 Å². The van der Waals surface area contributed by atoms with Crippen LogP contribution in [0.25, 0.3) is 0 Å². The summed E-state index contributed by atoms with van der Waals surface area (Å²) >= 11 is 0. The number of hydrogen-bond acceptors (Lipinski definition) is 2. The molecule has 0 unspecified atom stereocenters. The largest absolute Gasteiger partial charge is 0.481 e. The van der Waals surface area contributed by atoms with Crippen LogP contribution in [0.15, 0.2) is 16.6 Å². The molecule has 1 aliphatic heterocycles. The molecule has 82 valence electrons. The van der Waals surface area contributed by atoms with Gasteiger partial charge < -0.3 is 4.74 Å². The van der Waals surface area contributed by atoms with Crippen LogP contribution in [-0.4, -0.2) is 18.4 Å². The molecule has 0 bridgehead atoms. The number of carbonyl (C=O) groups is 1. The minimum Gasteiger partial charge on any atom is -0.481 e. The van der Waals surface area contributed by atoms with Crippen molar-refractivity contribution in [2.45, 2.75) is 33.1 Å². The van der Waals surface area contributed by atoms with Crippen molar-refractivity contribution in [1.82, 2.24) is 0 Å². The Bertz CT molecular complexity index is 331. The minimum atomic E-state index is -0.0330. The van der Waals surface area contributed by atoms with Crippen LogP contribution in [0, 0.1) is 11.8 Å². The second-order valence-electron chi connectivity index (χ2n) is 4.22. The molecular weight excluding hydrogens is 190 g/mol. The zero-order valence-electron chi connectivity index (χ0n) is 9.32. The summed E-state index contributed by atoms with van der Waals surface area (Å²) in [5, 5.41) is 0. The third-order valence-corrected chi connectivity index (χ3v) is 3.25. The minimum absolute atomic E-state index is 0.0330. The Balaban J connectivity index is 2.25. The fourth-order valence-corrected chi connectivity index (χ4v) is 2.49. The van der Waals surface area contributed by atoms with Crippen LogP contribution < -0.4 is 0 Å². The standard InChI is InChI=1S/C12H17NO2/c1-3-15-12-9-6-4-5-8(2)10(9)7-11(14)13-12/h5,9-10H,3-4,6-7H2,1-2H3/t9-,10+/m0/s1. The molecule has 3 nitrogen and oxygen atoms in total. The lowest BCUT2D eigenvalue weighted by Crippen LogP contribution is -2.35. The molecule has 0 radical (unpaired) electrons. The van der Waals surface area contributed by atoms with Crippen molar-refractivity contribution < 1.29 is 9.53 Å². The molecule has 2 rings (SSSR count). The highest BCUT2D eigenvalue weighted by Crippen LogP contribution is 2.36. The normalized spacial score (nSPS) is 30.4. The van der Waals surface area contributed by atoms with E-state index in [-0.39, 0.29) is 5.91 Å². The average Bonchev–Trinajstić information content (AvgIpc) is 2.20. The molecule has 3 heteroatoms. The molecule has 15 heavy (non-hydrogen) atoms. The van der Waals surface area contributed by atoms with Gasteiger partial charge in [-0.25, -0.2) is 0 Å². The maximum absolute atomic E-state index is 11.5. The Morgan fingerprint density at radius 2 is 2.33 bits per heavy atom. The fourth-order valence-electron chi connectivity index (χ4n) is 2.49. The molecular formula is C12H17NO2. The molecule has 0 aromatic heterocycles. The number of ether oxygens (including phenoxy) is 1. The second-order valence-corrected chi connectivity index (χ2v) is 4.22. The van der Waals surface area contributed by atoms with Gasteiger partial charge in [-0.05, 0) is 32.6 Å². The highest BCUT2D eigenvalue weighted by Gasteiger charge is 2.36. The molecule has 0 saturated carbocycles. The summed E-state index contributed by atoms with van der Waals surface area (Å²) in [6, 6.07) is 0. The Morgan fingerprint density at radius 1 is 1.53 bits per heavy atom. The van der Waals surface area contributed by atoms with Gasteiger partial charge >= 0.3 is 0 Å². The lowest BCUT2D eigenvalue weighted by Gasteiger charge is -2.33. The first-order chi connectivity index (χ1) is 7.22. The van der Waals surface area contributed by atoms with Gasteiger partial charge in [0, 0.05) is 12.3 Å². The number of hydrogen-bond donors (Lipinski definition) is 0. The van der Waals surface area contributed by atoms with Crippen LogP contribution in [0.2, 0.25) is 0 Å². The average molecular weight is 207 g/mol. The van der Waals surface area contributed by atoms with E-state index < -0.39 is 0 Å². The monoisotopic (exact) mass is 207 g/mol. The van der Waals surface area contributed by atoms with Crippen LogP contribution >= 0.6 is 0 Å². The smallest absolute Gasteiger partial charge is 0.249 e. The third-order valence-electron chi connectivity index (χ3n) is 3.25. The summed E-state index contributed by atoms with van der Waals surface area (Å²) in [6.07, 6.45) is 4.94. The fraction of sp³-hybridized carbons (Fsp3) is 0.667. The number of allylic oxidation sites excluding steroid dienone is 2. The number of carbonyl (C=O) groups excluding carboxylic acids is 1. The number of nitrogens with zero attached hydrogens (tertiary/aromatic N) is 1. The summed E-state index contributed by atoms with van der Waals surface area (Å²) in [7, 11) is 0. The Kier molecular flexibility index (Phi) is 2.89. The highest BCUT2D eigenvalue weighted by molar-refractivity contribution is 5.96. The predicted octanol–water partition coefficient (Wildman–Crippen LogP) is 2.32. The van der Waals surface area contributed by atoms with Crippen LogP contribution in [-0.2, 0) is 9.53 Å². The van der Waals surface area contributed by atoms with Gasteiger partial charge in [0.1, 0.15) is 0 Å². The number of aliphatic imine (C=N–C) groups is 1. The Hall–Kier alpha value is -1.12. The first kappa shape index (κ1) is 10.4. The van der Waals surface area contributed by atoms with E-state index in [0.29, 0.717) is 30.8 Å². The maximum Gasteiger partial charge on any atom is 0.249 e. The summed E-state index contributed by atoms with van der Waals surface area (Å²) in [5.41, 5.74) is 1.33. The molecule has 2 atom stereocenters. The molecule has 2 aliphatic rings. The zero-order valence-corrected chi connectivity index (χ0v) is 9.32. The van der Waals surface area contributed by atoms with Gasteiger partial charge in [-0.15, -0.1) is 0 Å². The van der Waals surface area contributed by atoms with Crippen molar-refractivity contribution in [2.24, 2.45) is 16.8 Å².